The minimum atomic E-state index is 0.0799. The molecule has 1 amide bonds. The summed E-state index contributed by atoms with van der Waals surface area (Å²) in [7, 11) is 3.48. The van der Waals surface area contributed by atoms with E-state index in [0.29, 0.717) is 12.6 Å². The average Bonchev–Trinajstić information content (AvgIpc) is 3.00. The molecule has 0 radical (unpaired) electrons. The number of hydrogen-bond donors (Lipinski definition) is 3. The summed E-state index contributed by atoms with van der Waals surface area (Å²) in [6.07, 6.45) is 4.86. The van der Waals surface area contributed by atoms with Gasteiger partial charge in [0.25, 0.3) is 0 Å². The summed E-state index contributed by atoms with van der Waals surface area (Å²) in [6, 6.07) is 0.402. The van der Waals surface area contributed by atoms with Crippen LogP contribution < -0.4 is 16.0 Å². The first-order chi connectivity index (χ1) is 11.6. The molecule has 134 valence electrons. The second kappa shape index (κ2) is 9.58. The Labute approximate surface area is 147 Å². The van der Waals surface area contributed by atoms with Gasteiger partial charge >= 0.3 is 0 Å². The first-order valence-corrected chi connectivity index (χ1v) is 9.23. The van der Waals surface area contributed by atoms with Crippen molar-refractivity contribution in [1.29, 1.82) is 0 Å². The highest BCUT2D eigenvalue weighted by molar-refractivity contribution is 7.11. The van der Waals surface area contributed by atoms with Crippen LogP contribution in [0.15, 0.2) is 11.2 Å². The fraction of sp³-hybridized carbons (Fsp3) is 0.688. The monoisotopic (exact) mass is 352 g/mol. The molecule has 0 aliphatic carbocycles. The lowest BCUT2D eigenvalue weighted by Crippen LogP contribution is -2.50. The molecule has 2 rings (SSSR count). The molecule has 0 atom stereocenters. The highest BCUT2D eigenvalue weighted by Crippen LogP contribution is 2.11. The van der Waals surface area contributed by atoms with E-state index >= 15 is 0 Å². The standard InChI is InChI=1S/C16H28N6OS/c1-12-10-20-15(24-12)4-7-19-16(18-3)21-13-5-8-22(9-6-13)11-14(23)17-2/h10,13H,4-9,11H2,1-3H3,(H,17,23)(H2,18,19,21). The SMILES string of the molecule is CN=C(NCCc1ncc(C)s1)NC1CCN(CC(=O)NC)CC1. The van der Waals surface area contributed by atoms with Crippen LogP contribution in [0.25, 0.3) is 0 Å². The topological polar surface area (TPSA) is 81.7 Å². The summed E-state index contributed by atoms with van der Waals surface area (Å²) in [5.41, 5.74) is 0. The molecule has 0 bridgehead atoms. The second-order valence-corrected chi connectivity index (χ2v) is 7.30. The summed E-state index contributed by atoms with van der Waals surface area (Å²) >= 11 is 1.74. The van der Waals surface area contributed by atoms with E-state index in [9.17, 15) is 4.79 Å². The van der Waals surface area contributed by atoms with Crippen LogP contribution in [-0.4, -0.2) is 68.1 Å². The van der Waals surface area contributed by atoms with Crippen LogP contribution in [0.5, 0.6) is 0 Å². The maximum absolute atomic E-state index is 11.4. The number of nitrogens with zero attached hydrogens (tertiary/aromatic N) is 3. The van der Waals surface area contributed by atoms with Gasteiger partial charge in [-0.25, -0.2) is 4.98 Å². The van der Waals surface area contributed by atoms with E-state index in [1.54, 1.807) is 25.4 Å². The van der Waals surface area contributed by atoms with E-state index in [2.05, 4.69) is 37.8 Å². The number of carbonyl (C=O) groups excluding carboxylic acids is 1. The van der Waals surface area contributed by atoms with Gasteiger partial charge in [-0.05, 0) is 19.8 Å². The third-order valence-electron chi connectivity index (χ3n) is 4.10. The van der Waals surface area contributed by atoms with Crippen molar-refractivity contribution in [2.24, 2.45) is 4.99 Å². The molecule has 0 spiro atoms. The Kier molecular flexibility index (Phi) is 7.45. The van der Waals surface area contributed by atoms with Crippen molar-refractivity contribution < 1.29 is 4.79 Å². The fourth-order valence-corrected chi connectivity index (χ4v) is 3.50. The molecule has 1 aromatic rings. The van der Waals surface area contributed by atoms with Crippen molar-refractivity contribution in [2.45, 2.75) is 32.2 Å². The van der Waals surface area contributed by atoms with Gasteiger partial charge in [-0.2, -0.15) is 0 Å². The van der Waals surface area contributed by atoms with E-state index < -0.39 is 0 Å². The number of piperidine rings is 1. The van der Waals surface area contributed by atoms with E-state index in [4.69, 9.17) is 0 Å². The van der Waals surface area contributed by atoms with E-state index in [1.165, 1.54) is 4.88 Å². The molecule has 1 aliphatic heterocycles. The molecule has 0 aromatic carbocycles. The van der Waals surface area contributed by atoms with Crippen LogP contribution >= 0.6 is 11.3 Å². The number of aryl methyl sites for hydroxylation is 1. The van der Waals surface area contributed by atoms with Crippen LogP contribution in [0.2, 0.25) is 0 Å². The Bertz CT molecular complexity index is 551. The highest BCUT2D eigenvalue weighted by atomic mass is 32.1. The summed E-state index contributed by atoms with van der Waals surface area (Å²) in [6.45, 7) is 5.25. The Hall–Kier alpha value is -1.67. The Morgan fingerprint density at radius 2 is 2.21 bits per heavy atom. The molecule has 3 N–H and O–H groups in total. The first kappa shape index (κ1) is 18.7. The number of likely N-dealkylation sites (tertiary alicyclic amines) is 1. The molecule has 1 fully saturated rings. The van der Waals surface area contributed by atoms with Crippen LogP contribution in [0.1, 0.15) is 22.7 Å². The Morgan fingerprint density at radius 1 is 1.46 bits per heavy atom. The van der Waals surface area contributed by atoms with Gasteiger partial charge in [0.05, 0.1) is 11.6 Å². The summed E-state index contributed by atoms with van der Waals surface area (Å²) < 4.78 is 0. The molecule has 7 nitrogen and oxygen atoms in total. The predicted molar refractivity (Wildman–Crippen MR) is 98.6 cm³/mol. The van der Waals surface area contributed by atoms with Crippen LogP contribution in [-0.2, 0) is 11.2 Å². The molecule has 24 heavy (non-hydrogen) atoms. The third-order valence-corrected chi connectivity index (χ3v) is 5.07. The number of aliphatic imine (C=N–C) groups is 1. The summed E-state index contributed by atoms with van der Waals surface area (Å²) in [4.78, 5) is 23.5. The quantitative estimate of drug-likeness (QED) is 0.509. The van der Waals surface area contributed by atoms with Gasteiger partial charge in [-0.1, -0.05) is 0 Å². The van der Waals surface area contributed by atoms with Gasteiger partial charge in [-0.3, -0.25) is 14.7 Å². The van der Waals surface area contributed by atoms with Gasteiger partial charge in [0.15, 0.2) is 5.96 Å². The van der Waals surface area contributed by atoms with Crippen LogP contribution in [0, 0.1) is 6.92 Å². The minimum absolute atomic E-state index is 0.0799. The van der Waals surface area contributed by atoms with Gasteiger partial charge < -0.3 is 16.0 Å². The molecule has 0 saturated carbocycles. The van der Waals surface area contributed by atoms with Crippen LogP contribution in [0.3, 0.4) is 0 Å². The number of likely N-dealkylation sites (N-methyl/N-ethyl adjacent to an activating group) is 1. The number of hydrogen-bond acceptors (Lipinski definition) is 5. The number of aromatic nitrogens is 1. The largest absolute Gasteiger partial charge is 0.358 e. The number of nitrogens with one attached hydrogen (secondary N) is 3. The van der Waals surface area contributed by atoms with Gasteiger partial charge in [0.2, 0.25) is 5.91 Å². The Balaban J connectivity index is 1.67. The summed E-state index contributed by atoms with van der Waals surface area (Å²) in [5, 5.41) is 10.7. The smallest absolute Gasteiger partial charge is 0.233 e. The number of guanidine groups is 1. The van der Waals surface area contributed by atoms with Crippen LogP contribution in [0.4, 0.5) is 0 Å². The van der Waals surface area contributed by atoms with Gasteiger partial charge in [-0.15, -0.1) is 11.3 Å². The second-order valence-electron chi connectivity index (χ2n) is 5.98. The van der Waals surface area contributed by atoms with Crippen molar-refractivity contribution in [1.82, 2.24) is 25.8 Å². The number of thiazole rings is 1. The van der Waals surface area contributed by atoms with Crippen molar-refractivity contribution in [2.75, 3.05) is 40.3 Å². The lowest BCUT2D eigenvalue weighted by Gasteiger charge is -2.32. The number of carbonyl (C=O) groups is 1. The van der Waals surface area contributed by atoms with Crippen molar-refractivity contribution in [3.8, 4) is 0 Å². The van der Waals surface area contributed by atoms with Crippen molar-refractivity contribution in [3.63, 3.8) is 0 Å². The van der Waals surface area contributed by atoms with Gasteiger partial charge in [0.1, 0.15) is 0 Å². The molecule has 8 heteroatoms. The predicted octanol–water partition coefficient (Wildman–Crippen LogP) is 0.369. The maximum atomic E-state index is 11.4. The average molecular weight is 353 g/mol. The molecule has 1 aromatic heterocycles. The highest BCUT2D eigenvalue weighted by Gasteiger charge is 2.21. The molecule has 2 heterocycles. The van der Waals surface area contributed by atoms with E-state index in [1.807, 2.05) is 6.20 Å². The summed E-state index contributed by atoms with van der Waals surface area (Å²) in [5.74, 6) is 0.921. The Morgan fingerprint density at radius 3 is 2.79 bits per heavy atom. The minimum Gasteiger partial charge on any atom is -0.358 e. The van der Waals surface area contributed by atoms with E-state index in [-0.39, 0.29) is 5.91 Å². The zero-order valence-electron chi connectivity index (χ0n) is 14.8. The zero-order valence-corrected chi connectivity index (χ0v) is 15.6. The van der Waals surface area contributed by atoms with Crippen molar-refractivity contribution >= 4 is 23.2 Å². The lowest BCUT2D eigenvalue weighted by atomic mass is 10.1. The van der Waals surface area contributed by atoms with Gasteiger partial charge in [0, 0.05) is 57.3 Å². The molecular formula is C16H28N6OS. The zero-order chi connectivity index (χ0) is 17.4. The van der Waals surface area contributed by atoms with E-state index in [0.717, 1.165) is 49.9 Å². The normalized spacial score (nSPS) is 16.9. The van der Waals surface area contributed by atoms with Crippen molar-refractivity contribution in [3.05, 3.63) is 16.1 Å². The fourth-order valence-electron chi connectivity index (χ4n) is 2.71. The molecule has 1 saturated heterocycles. The molecule has 0 unspecified atom stereocenters. The maximum Gasteiger partial charge on any atom is 0.233 e. The number of rotatable bonds is 6. The lowest BCUT2D eigenvalue weighted by molar-refractivity contribution is -0.122. The first-order valence-electron chi connectivity index (χ1n) is 8.42. The molecule has 1 aliphatic rings. The molecular weight excluding hydrogens is 324 g/mol. The number of amides is 1. The third kappa shape index (κ3) is 6.09.